The first-order valence-electron chi connectivity index (χ1n) is 7.23. The highest BCUT2D eigenvalue weighted by Crippen LogP contribution is 2.19. The summed E-state index contributed by atoms with van der Waals surface area (Å²) < 4.78 is 5.44. The summed E-state index contributed by atoms with van der Waals surface area (Å²) in [5.41, 5.74) is 2.37. The number of nitrogens with two attached hydrogens (primary N) is 1. The molecule has 0 unspecified atom stereocenters. The number of amides is 2. The van der Waals surface area contributed by atoms with Crippen LogP contribution in [-0.2, 0) is 4.79 Å². The summed E-state index contributed by atoms with van der Waals surface area (Å²) in [5.74, 6) is 4.86. The van der Waals surface area contributed by atoms with Gasteiger partial charge in [-0.1, -0.05) is 31.4 Å². The van der Waals surface area contributed by atoms with Crippen molar-refractivity contribution in [2.24, 2.45) is 5.84 Å². The molecule has 2 amide bonds. The molecule has 4 N–H and O–H groups in total. The minimum absolute atomic E-state index is 0.106. The molecule has 1 aromatic carbocycles. The molecule has 0 spiro atoms. The Bertz CT molecular complexity index is 499. The van der Waals surface area contributed by atoms with Gasteiger partial charge in [0.1, 0.15) is 5.75 Å². The molecule has 6 nitrogen and oxygen atoms in total. The molecule has 1 aliphatic rings. The quantitative estimate of drug-likeness (QED) is 0.430. The number of para-hydroxylation sites is 1. The third kappa shape index (κ3) is 4.46. The number of nitrogen functional groups attached to an aromatic ring is 1. The molecule has 21 heavy (non-hydrogen) atoms. The monoisotopic (exact) mass is 291 g/mol. The Kier molecular flexibility index (Phi) is 5.57. The Balaban J connectivity index is 1.87. The predicted molar refractivity (Wildman–Crippen MR) is 78.6 cm³/mol. The number of hydrogen-bond acceptors (Lipinski definition) is 4. The summed E-state index contributed by atoms with van der Waals surface area (Å²) in [6.07, 6.45) is 5.61. The number of benzene rings is 1. The molecule has 0 saturated heterocycles. The van der Waals surface area contributed by atoms with Crippen LogP contribution in [0.5, 0.6) is 5.75 Å². The second kappa shape index (κ2) is 7.64. The molecule has 6 heteroatoms. The van der Waals surface area contributed by atoms with Gasteiger partial charge < -0.3 is 10.1 Å². The van der Waals surface area contributed by atoms with Crippen molar-refractivity contribution in [2.75, 3.05) is 6.61 Å². The number of rotatable bonds is 5. The van der Waals surface area contributed by atoms with Crippen LogP contribution in [0.15, 0.2) is 24.3 Å². The highest BCUT2D eigenvalue weighted by atomic mass is 16.5. The standard InChI is InChI=1S/C15H21N3O3/c16-18-15(20)12-8-4-5-9-13(12)21-10-14(19)17-11-6-2-1-3-7-11/h4-5,8-9,11H,1-3,6-7,10,16H2,(H,17,19)(H,18,20). The van der Waals surface area contributed by atoms with Crippen LogP contribution in [0.3, 0.4) is 0 Å². The first-order chi connectivity index (χ1) is 10.2. The fourth-order valence-corrected chi connectivity index (χ4v) is 2.52. The molecule has 0 radical (unpaired) electrons. The number of hydrazine groups is 1. The molecule has 0 heterocycles. The van der Waals surface area contributed by atoms with E-state index in [1.807, 2.05) is 0 Å². The topological polar surface area (TPSA) is 93.4 Å². The molecule has 1 saturated carbocycles. The van der Waals surface area contributed by atoms with Crippen molar-refractivity contribution < 1.29 is 14.3 Å². The smallest absolute Gasteiger partial charge is 0.268 e. The van der Waals surface area contributed by atoms with E-state index < -0.39 is 5.91 Å². The van der Waals surface area contributed by atoms with Gasteiger partial charge in [0.15, 0.2) is 6.61 Å². The molecule has 1 fully saturated rings. The number of carbonyl (C=O) groups is 2. The van der Waals surface area contributed by atoms with E-state index in [2.05, 4.69) is 10.7 Å². The van der Waals surface area contributed by atoms with Crippen LogP contribution in [0.4, 0.5) is 0 Å². The van der Waals surface area contributed by atoms with Gasteiger partial charge in [-0.2, -0.15) is 0 Å². The van der Waals surface area contributed by atoms with Gasteiger partial charge in [-0.15, -0.1) is 0 Å². The van der Waals surface area contributed by atoms with E-state index >= 15 is 0 Å². The average molecular weight is 291 g/mol. The molecule has 0 aromatic heterocycles. The van der Waals surface area contributed by atoms with Crippen LogP contribution in [0, 0.1) is 0 Å². The first-order valence-corrected chi connectivity index (χ1v) is 7.23. The van der Waals surface area contributed by atoms with Crippen molar-refractivity contribution in [3.63, 3.8) is 0 Å². The van der Waals surface area contributed by atoms with Crippen LogP contribution in [0.1, 0.15) is 42.5 Å². The van der Waals surface area contributed by atoms with Gasteiger partial charge >= 0.3 is 0 Å². The molecule has 1 aliphatic carbocycles. The van der Waals surface area contributed by atoms with Crippen LogP contribution in [-0.4, -0.2) is 24.5 Å². The summed E-state index contributed by atoms with van der Waals surface area (Å²) in [6, 6.07) is 6.92. The minimum atomic E-state index is -0.446. The highest BCUT2D eigenvalue weighted by molar-refractivity contribution is 5.96. The summed E-state index contributed by atoms with van der Waals surface area (Å²) in [5, 5.41) is 2.96. The zero-order chi connectivity index (χ0) is 15.1. The van der Waals surface area contributed by atoms with Crippen LogP contribution < -0.4 is 21.3 Å². The van der Waals surface area contributed by atoms with E-state index in [1.165, 1.54) is 6.42 Å². The molecule has 0 aliphatic heterocycles. The predicted octanol–water partition coefficient (Wildman–Crippen LogP) is 1.12. The van der Waals surface area contributed by atoms with Gasteiger partial charge in [-0.3, -0.25) is 15.0 Å². The Hall–Kier alpha value is -2.08. The lowest BCUT2D eigenvalue weighted by atomic mass is 9.95. The summed E-state index contributed by atoms with van der Waals surface area (Å²) >= 11 is 0. The largest absolute Gasteiger partial charge is 0.483 e. The molecular formula is C15H21N3O3. The zero-order valence-corrected chi connectivity index (χ0v) is 11.9. The van der Waals surface area contributed by atoms with Gasteiger partial charge in [-0.25, -0.2) is 5.84 Å². The van der Waals surface area contributed by atoms with Gasteiger partial charge in [-0.05, 0) is 25.0 Å². The van der Waals surface area contributed by atoms with Crippen molar-refractivity contribution in [1.29, 1.82) is 0 Å². The summed E-state index contributed by atoms with van der Waals surface area (Å²) in [4.78, 5) is 23.5. The fraction of sp³-hybridized carbons (Fsp3) is 0.467. The van der Waals surface area contributed by atoms with Crippen LogP contribution >= 0.6 is 0 Å². The fourth-order valence-electron chi connectivity index (χ4n) is 2.52. The normalized spacial score (nSPS) is 15.3. The van der Waals surface area contributed by atoms with E-state index in [-0.39, 0.29) is 18.6 Å². The van der Waals surface area contributed by atoms with Gasteiger partial charge in [0.2, 0.25) is 0 Å². The number of hydrogen-bond donors (Lipinski definition) is 3. The van der Waals surface area contributed by atoms with Crippen molar-refractivity contribution >= 4 is 11.8 Å². The molecule has 0 bridgehead atoms. The van der Waals surface area contributed by atoms with Crippen molar-refractivity contribution in [1.82, 2.24) is 10.7 Å². The SMILES string of the molecule is NNC(=O)c1ccccc1OCC(=O)NC1CCCCC1. The molecule has 2 rings (SSSR count). The molecule has 1 aromatic rings. The van der Waals surface area contributed by atoms with E-state index in [0.29, 0.717) is 11.3 Å². The number of carbonyl (C=O) groups excluding carboxylic acids is 2. The minimum Gasteiger partial charge on any atom is -0.483 e. The Morgan fingerprint density at radius 1 is 1.19 bits per heavy atom. The van der Waals surface area contributed by atoms with Crippen molar-refractivity contribution in [2.45, 2.75) is 38.1 Å². The third-order valence-electron chi connectivity index (χ3n) is 3.59. The summed E-state index contributed by atoms with van der Waals surface area (Å²) in [6.45, 7) is -0.106. The Morgan fingerprint density at radius 3 is 2.62 bits per heavy atom. The second-order valence-corrected chi connectivity index (χ2v) is 5.16. The number of nitrogens with one attached hydrogen (secondary N) is 2. The van der Waals surface area contributed by atoms with Crippen molar-refractivity contribution in [3.05, 3.63) is 29.8 Å². The maximum absolute atomic E-state index is 11.9. The maximum atomic E-state index is 11.9. The van der Waals surface area contributed by atoms with E-state index in [1.54, 1.807) is 24.3 Å². The lowest BCUT2D eigenvalue weighted by Crippen LogP contribution is -2.39. The van der Waals surface area contributed by atoms with Gasteiger partial charge in [0.25, 0.3) is 11.8 Å². The zero-order valence-electron chi connectivity index (χ0n) is 11.9. The maximum Gasteiger partial charge on any atom is 0.268 e. The molecular weight excluding hydrogens is 270 g/mol. The summed E-state index contributed by atoms with van der Waals surface area (Å²) in [7, 11) is 0. The van der Waals surface area contributed by atoms with E-state index in [0.717, 1.165) is 25.7 Å². The Morgan fingerprint density at radius 2 is 1.90 bits per heavy atom. The third-order valence-corrected chi connectivity index (χ3v) is 3.59. The average Bonchev–Trinajstić information content (AvgIpc) is 2.53. The van der Waals surface area contributed by atoms with E-state index in [4.69, 9.17) is 10.6 Å². The number of ether oxygens (including phenoxy) is 1. The Labute approximate surface area is 124 Å². The highest BCUT2D eigenvalue weighted by Gasteiger charge is 2.17. The lowest BCUT2D eigenvalue weighted by molar-refractivity contribution is -0.124. The molecule has 0 atom stereocenters. The van der Waals surface area contributed by atoms with Crippen LogP contribution in [0.2, 0.25) is 0 Å². The van der Waals surface area contributed by atoms with Gasteiger partial charge in [0, 0.05) is 6.04 Å². The van der Waals surface area contributed by atoms with E-state index in [9.17, 15) is 9.59 Å². The van der Waals surface area contributed by atoms with Crippen LogP contribution in [0.25, 0.3) is 0 Å². The van der Waals surface area contributed by atoms with Gasteiger partial charge in [0.05, 0.1) is 5.56 Å². The lowest BCUT2D eigenvalue weighted by Gasteiger charge is -2.22. The second-order valence-electron chi connectivity index (χ2n) is 5.16. The van der Waals surface area contributed by atoms with Crippen molar-refractivity contribution in [3.8, 4) is 5.75 Å². The first kappa shape index (κ1) is 15.3. The molecule has 114 valence electrons.